The molecule has 10 heteroatoms. The minimum Gasteiger partial charge on any atom is -0.435 e. The topological polar surface area (TPSA) is 95.3 Å². The van der Waals surface area contributed by atoms with E-state index in [2.05, 4.69) is 14.7 Å². The van der Waals surface area contributed by atoms with Crippen LogP contribution in [0.3, 0.4) is 0 Å². The van der Waals surface area contributed by atoms with Gasteiger partial charge in [-0.2, -0.15) is 13.1 Å². The van der Waals surface area contributed by atoms with E-state index in [0.29, 0.717) is 16.6 Å². The highest BCUT2D eigenvalue weighted by atomic mass is 32.2. The first-order chi connectivity index (χ1) is 12.3. The summed E-state index contributed by atoms with van der Waals surface area (Å²) in [6.07, 6.45) is 0. The van der Waals surface area contributed by atoms with Crippen LogP contribution in [0.4, 0.5) is 8.78 Å². The van der Waals surface area contributed by atoms with Crippen molar-refractivity contribution in [3.8, 4) is 5.75 Å². The summed E-state index contributed by atoms with van der Waals surface area (Å²) in [7, 11) is -2.40. The van der Waals surface area contributed by atoms with E-state index in [-0.39, 0.29) is 17.2 Å². The number of ether oxygens (including phenoxy) is 1. The average Bonchev–Trinajstić information content (AvgIpc) is 2.95. The summed E-state index contributed by atoms with van der Waals surface area (Å²) in [6, 6.07) is 9.99. The molecule has 0 spiro atoms. The fourth-order valence-corrected chi connectivity index (χ4v) is 3.66. The molecule has 0 radical (unpaired) electrons. The largest absolute Gasteiger partial charge is 0.435 e. The Morgan fingerprint density at radius 1 is 1.08 bits per heavy atom. The van der Waals surface area contributed by atoms with E-state index in [9.17, 15) is 22.0 Å². The van der Waals surface area contributed by atoms with Crippen molar-refractivity contribution in [1.29, 1.82) is 0 Å². The van der Waals surface area contributed by atoms with E-state index < -0.39 is 22.3 Å². The number of sulfonamides is 1. The Labute approximate surface area is 147 Å². The third-order valence-corrected chi connectivity index (χ3v) is 5.55. The molecule has 0 aliphatic carbocycles. The van der Waals surface area contributed by atoms with Gasteiger partial charge in [-0.1, -0.05) is 12.1 Å². The molecule has 0 saturated heterocycles. The van der Waals surface area contributed by atoms with Crippen molar-refractivity contribution in [2.24, 2.45) is 0 Å². The second kappa shape index (κ2) is 6.89. The smallest absolute Gasteiger partial charge is 0.387 e. The molecule has 0 saturated carbocycles. The summed E-state index contributed by atoms with van der Waals surface area (Å²) in [5.41, 5.74) is 1.08. The van der Waals surface area contributed by atoms with Gasteiger partial charge in [0.25, 0.3) is 0 Å². The summed E-state index contributed by atoms with van der Waals surface area (Å²) >= 11 is 0. The molecule has 0 bridgehead atoms. The Bertz CT molecular complexity index is 1070. The Balaban J connectivity index is 1.80. The van der Waals surface area contributed by atoms with Crippen LogP contribution < -0.4 is 10.4 Å². The minimum atomic E-state index is -3.80. The van der Waals surface area contributed by atoms with E-state index in [0.717, 1.165) is 4.31 Å². The number of hydrogen-bond acceptors (Lipinski definition) is 4. The van der Waals surface area contributed by atoms with E-state index >= 15 is 0 Å². The highest BCUT2D eigenvalue weighted by Crippen LogP contribution is 2.21. The Hall–Kier alpha value is -2.72. The summed E-state index contributed by atoms with van der Waals surface area (Å²) in [6.45, 7) is -2.88. The lowest BCUT2D eigenvalue weighted by molar-refractivity contribution is -0.0498. The Kier molecular flexibility index (Phi) is 4.79. The van der Waals surface area contributed by atoms with Crippen molar-refractivity contribution in [3.63, 3.8) is 0 Å². The first-order valence-corrected chi connectivity index (χ1v) is 8.92. The maximum atomic E-state index is 12.7. The number of aromatic nitrogens is 2. The number of nitrogens with zero attached hydrogens (tertiary/aromatic N) is 1. The van der Waals surface area contributed by atoms with Gasteiger partial charge in [0.05, 0.1) is 15.9 Å². The summed E-state index contributed by atoms with van der Waals surface area (Å²) in [5, 5.41) is 0. The number of alkyl halides is 2. The molecule has 138 valence electrons. The number of halogens is 2. The number of nitrogens with one attached hydrogen (secondary N) is 2. The lowest BCUT2D eigenvalue weighted by Crippen LogP contribution is -2.26. The maximum absolute atomic E-state index is 12.7. The zero-order chi connectivity index (χ0) is 18.9. The lowest BCUT2D eigenvalue weighted by Gasteiger charge is -2.17. The van der Waals surface area contributed by atoms with Gasteiger partial charge in [-0.25, -0.2) is 13.2 Å². The van der Waals surface area contributed by atoms with Gasteiger partial charge >= 0.3 is 12.3 Å². The van der Waals surface area contributed by atoms with Crippen LogP contribution in [0.5, 0.6) is 5.75 Å². The molecule has 1 aromatic heterocycles. The van der Waals surface area contributed by atoms with Crippen LogP contribution in [0.2, 0.25) is 0 Å². The van der Waals surface area contributed by atoms with Crippen molar-refractivity contribution in [2.45, 2.75) is 18.1 Å². The van der Waals surface area contributed by atoms with Crippen LogP contribution in [0.25, 0.3) is 11.0 Å². The van der Waals surface area contributed by atoms with Crippen molar-refractivity contribution in [2.75, 3.05) is 7.05 Å². The number of rotatable bonds is 6. The fraction of sp³-hybridized carbons (Fsp3) is 0.188. The first kappa shape index (κ1) is 18.1. The highest BCUT2D eigenvalue weighted by molar-refractivity contribution is 7.89. The number of imidazole rings is 1. The van der Waals surface area contributed by atoms with Gasteiger partial charge in [0.1, 0.15) is 5.75 Å². The van der Waals surface area contributed by atoms with Gasteiger partial charge in [0.2, 0.25) is 10.0 Å². The molecule has 2 aromatic carbocycles. The summed E-state index contributed by atoms with van der Waals surface area (Å²) < 4.78 is 55.1. The predicted molar refractivity (Wildman–Crippen MR) is 90.6 cm³/mol. The van der Waals surface area contributed by atoms with Gasteiger partial charge in [0.15, 0.2) is 0 Å². The molecule has 1 heterocycles. The van der Waals surface area contributed by atoms with E-state index in [1.165, 1.54) is 49.5 Å². The summed E-state index contributed by atoms with van der Waals surface area (Å²) in [4.78, 5) is 16.4. The van der Waals surface area contributed by atoms with Crippen LogP contribution in [0.1, 0.15) is 5.56 Å². The third-order valence-electron chi connectivity index (χ3n) is 3.75. The van der Waals surface area contributed by atoms with E-state index in [1.807, 2.05) is 0 Å². The monoisotopic (exact) mass is 383 g/mol. The van der Waals surface area contributed by atoms with Crippen molar-refractivity contribution >= 4 is 21.1 Å². The number of H-pyrrole nitrogens is 2. The molecule has 3 aromatic rings. The summed E-state index contributed by atoms with van der Waals surface area (Å²) in [5.74, 6) is -0.00359. The molecule has 0 atom stereocenters. The van der Waals surface area contributed by atoms with Crippen LogP contribution in [0.15, 0.2) is 52.2 Å². The molecule has 3 rings (SSSR count). The van der Waals surface area contributed by atoms with Crippen LogP contribution in [-0.2, 0) is 16.6 Å². The minimum absolute atomic E-state index is 0.00359. The molecule has 7 nitrogen and oxygen atoms in total. The molecule has 0 aliphatic heterocycles. The highest BCUT2D eigenvalue weighted by Gasteiger charge is 2.21. The third kappa shape index (κ3) is 3.75. The van der Waals surface area contributed by atoms with Crippen molar-refractivity contribution in [1.82, 2.24) is 14.3 Å². The number of benzene rings is 2. The van der Waals surface area contributed by atoms with E-state index in [4.69, 9.17) is 0 Å². The van der Waals surface area contributed by atoms with Gasteiger partial charge in [-0.05, 0) is 35.9 Å². The maximum Gasteiger partial charge on any atom is 0.387 e. The van der Waals surface area contributed by atoms with Gasteiger partial charge in [0, 0.05) is 13.6 Å². The predicted octanol–water partition coefficient (Wildman–Crippen LogP) is 2.28. The zero-order valence-electron chi connectivity index (χ0n) is 13.6. The van der Waals surface area contributed by atoms with Crippen LogP contribution in [0, 0.1) is 0 Å². The molecule has 0 fully saturated rings. The standard InChI is InChI=1S/C16H15F2N3O4S/c1-21(9-10-2-4-11(5-3-10)25-15(17)18)26(23,24)12-6-7-13-14(8-12)20-16(22)19-13/h2-8,15H,9H2,1H3,(H2,19,20,22). The van der Waals surface area contributed by atoms with Gasteiger partial charge < -0.3 is 14.7 Å². The molecule has 0 aliphatic rings. The molecule has 0 amide bonds. The van der Waals surface area contributed by atoms with Crippen molar-refractivity contribution in [3.05, 3.63) is 58.5 Å². The molecule has 0 unspecified atom stereocenters. The van der Waals surface area contributed by atoms with Gasteiger partial charge in [-0.15, -0.1) is 0 Å². The molecular formula is C16H15F2N3O4S. The van der Waals surface area contributed by atoms with Crippen LogP contribution in [-0.4, -0.2) is 36.4 Å². The quantitative estimate of drug-likeness (QED) is 0.683. The second-order valence-electron chi connectivity index (χ2n) is 5.57. The fourth-order valence-electron chi connectivity index (χ4n) is 2.47. The van der Waals surface area contributed by atoms with E-state index in [1.54, 1.807) is 0 Å². The lowest BCUT2D eigenvalue weighted by atomic mass is 10.2. The average molecular weight is 383 g/mol. The van der Waals surface area contributed by atoms with Crippen LogP contribution >= 0.6 is 0 Å². The van der Waals surface area contributed by atoms with Gasteiger partial charge in [-0.3, -0.25) is 0 Å². The SMILES string of the molecule is CN(Cc1ccc(OC(F)F)cc1)S(=O)(=O)c1ccc2[nH]c(=O)[nH]c2c1. The zero-order valence-corrected chi connectivity index (χ0v) is 14.4. The number of fused-ring (bicyclic) bond motifs is 1. The molecule has 2 N–H and O–H groups in total. The van der Waals surface area contributed by atoms with Crippen molar-refractivity contribution < 1.29 is 21.9 Å². The normalized spacial score (nSPS) is 12.2. The Morgan fingerprint density at radius 2 is 1.73 bits per heavy atom. The second-order valence-corrected chi connectivity index (χ2v) is 7.61. The molecular weight excluding hydrogens is 368 g/mol. The number of aromatic amines is 2. The number of hydrogen-bond donors (Lipinski definition) is 2. The first-order valence-electron chi connectivity index (χ1n) is 7.48. The molecule has 26 heavy (non-hydrogen) atoms. The Morgan fingerprint density at radius 3 is 2.38 bits per heavy atom.